The Balaban J connectivity index is 1.56. The van der Waals surface area contributed by atoms with E-state index in [0.717, 1.165) is 5.56 Å². The highest BCUT2D eigenvalue weighted by molar-refractivity contribution is 6.02. The van der Waals surface area contributed by atoms with Gasteiger partial charge in [0.25, 0.3) is 5.91 Å². The number of rotatable bonds is 4. The van der Waals surface area contributed by atoms with Gasteiger partial charge < -0.3 is 19.5 Å². The summed E-state index contributed by atoms with van der Waals surface area (Å²) >= 11 is 0. The van der Waals surface area contributed by atoms with Gasteiger partial charge in [0.2, 0.25) is 5.91 Å². The third-order valence-electron chi connectivity index (χ3n) is 3.79. The summed E-state index contributed by atoms with van der Waals surface area (Å²) in [6.45, 7) is 4.20. The third kappa shape index (κ3) is 3.99. The Morgan fingerprint density at radius 1 is 1.21 bits per heavy atom. The van der Waals surface area contributed by atoms with E-state index in [4.69, 9.17) is 9.26 Å². The predicted molar refractivity (Wildman–Crippen MR) is 86.7 cm³/mol. The number of aromatic nitrogens is 1. The van der Waals surface area contributed by atoms with E-state index >= 15 is 0 Å². The predicted octanol–water partition coefficient (Wildman–Crippen LogP) is 1.64. The molecule has 1 aliphatic rings. The van der Waals surface area contributed by atoms with E-state index in [-0.39, 0.29) is 17.5 Å². The van der Waals surface area contributed by atoms with Crippen molar-refractivity contribution < 1.29 is 18.8 Å². The molecule has 1 saturated heterocycles. The molecule has 1 aliphatic heterocycles. The Bertz CT molecular complexity index is 718. The van der Waals surface area contributed by atoms with Crippen molar-refractivity contribution in [1.82, 2.24) is 10.1 Å². The van der Waals surface area contributed by atoms with E-state index in [1.807, 2.05) is 17.0 Å². The van der Waals surface area contributed by atoms with Gasteiger partial charge in [0.05, 0.1) is 19.6 Å². The van der Waals surface area contributed by atoms with Crippen LogP contribution in [0, 0.1) is 6.92 Å². The average Bonchev–Trinajstić information content (AvgIpc) is 3.04. The largest absolute Gasteiger partial charge is 0.378 e. The number of aryl methyl sites for hydroxylation is 1. The van der Waals surface area contributed by atoms with E-state index in [9.17, 15) is 9.59 Å². The molecule has 1 aromatic carbocycles. The SMILES string of the molecule is Cc1cc(C(=O)Nc2ccc(CC(=O)N3CCOCC3)cc2)no1. The van der Waals surface area contributed by atoms with Crippen molar-refractivity contribution in [3.05, 3.63) is 47.3 Å². The first-order valence-corrected chi connectivity index (χ1v) is 7.81. The fourth-order valence-electron chi connectivity index (χ4n) is 2.47. The lowest BCUT2D eigenvalue weighted by molar-refractivity contribution is -0.134. The van der Waals surface area contributed by atoms with Crippen molar-refractivity contribution in [3.8, 4) is 0 Å². The first-order chi connectivity index (χ1) is 11.6. The van der Waals surface area contributed by atoms with Gasteiger partial charge >= 0.3 is 0 Å². The smallest absolute Gasteiger partial charge is 0.277 e. The molecule has 7 nitrogen and oxygen atoms in total. The van der Waals surface area contributed by atoms with Crippen LogP contribution in [0.25, 0.3) is 0 Å². The zero-order valence-electron chi connectivity index (χ0n) is 13.4. The van der Waals surface area contributed by atoms with Crippen LogP contribution in [0.15, 0.2) is 34.9 Å². The Morgan fingerprint density at radius 2 is 1.92 bits per heavy atom. The molecule has 126 valence electrons. The highest BCUT2D eigenvalue weighted by Gasteiger charge is 2.17. The molecule has 0 saturated carbocycles. The summed E-state index contributed by atoms with van der Waals surface area (Å²) < 4.78 is 10.1. The molecule has 1 fully saturated rings. The maximum atomic E-state index is 12.2. The highest BCUT2D eigenvalue weighted by atomic mass is 16.5. The van der Waals surface area contributed by atoms with E-state index < -0.39 is 0 Å². The second kappa shape index (κ2) is 7.27. The summed E-state index contributed by atoms with van der Waals surface area (Å²) in [6.07, 6.45) is 0.344. The van der Waals surface area contributed by atoms with Crippen LogP contribution in [0.5, 0.6) is 0 Å². The molecular weight excluding hydrogens is 310 g/mol. The lowest BCUT2D eigenvalue weighted by atomic mass is 10.1. The number of nitrogens with zero attached hydrogens (tertiary/aromatic N) is 2. The lowest BCUT2D eigenvalue weighted by Gasteiger charge is -2.26. The summed E-state index contributed by atoms with van der Waals surface area (Å²) in [5.41, 5.74) is 1.78. The quantitative estimate of drug-likeness (QED) is 0.922. The van der Waals surface area contributed by atoms with Crippen LogP contribution in [0.3, 0.4) is 0 Å². The van der Waals surface area contributed by atoms with E-state index in [1.54, 1.807) is 25.1 Å². The fourth-order valence-corrected chi connectivity index (χ4v) is 2.47. The number of benzene rings is 1. The number of hydrogen-bond acceptors (Lipinski definition) is 5. The average molecular weight is 329 g/mol. The van der Waals surface area contributed by atoms with Gasteiger partial charge in [-0.2, -0.15) is 0 Å². The zero-order chi connectivity index (χ0) is 16.9. The Morgan fingerprint density at radius 3 is 2.54 bits per heavy atom. The Kier molecular flexibility index (Phi) is 4.90. The molecule has 3 rings (SSSR count). The fraction of sp³-hybridized carbons (Fsp3) is 0.353. The van der Waals surface area contributed by atoms with Crippen LogP contribution in [0.4, 0.5) is 5.69 Å². The van der Waals surface area contributed by atoms with Crippen LogP contribution < -0.4 is 5.32 Å². The van der Waals surface area contributed by atoms with Crippen molar-refractivity contribution in [2.75, 3.05) is 31.6 Å². The molecule has 7 heteroatoms. The number of anilines is 1. The summed E-state index contributed by atoms with van der Waals surface area (Å²) in [4.78, 5) is 26.0. The molecule has 1 aromatic heterocycles. The van der Waals surface area contributed by atoms with E-state index in [0.29, 0.717) is 44.2 Å². The summed E-state index contributed by atoms with van der Waals surface area (Å²) in [5.74, 6) is 0.342. The monoisotopic (exact) mass is 329 g/mol. The minimum absolute atomic E-state index is 0.0909. The third-order valence-corrected chi connectivity index (χ3v) is 3.79. The molecule has 24 heavy (non-hydrogen) atoms. The number of ether oxygens (including phenoxy) is 1. The number of hydrogen-bond donors (Lipinski definition) is 1. The van der Waals surface area contributed by atoms with Crippen LogP contribution >= 0.6 is 0 Å². The summed E-state index contributed by atoms with van der Waals surface area (Å²) in [6, 6.07) is 8.79. The summed E-state index contributed by atoms with van der Waals surface area (Å²) in [7, 11) is 0. The van der Waals surface area contributed by atoms with Crippen LogP contribution in [-0.2, 0) is 16.0 Å². The minimum Gasteiger partial charge on any atom is -0.378 e. The zero-order valence-corrected chi connectivity index (χ0v) is 13.4. The van der Waals surface area contributed by atoms with Crippen molar-refractivity contribution in [3.63, 3.8) is 0 Å². The number of carbonyl (C=O) groups is 2. The topological polar surface area (TPSA) is 84.7 Å². The van der Waals surface area contributed by atoms with Crippen LogP contribution in [-0.4, -0.2) is 48.2 Å². The van der Waals surface area contributed by atoms with Crippen LogP contribution in [0.1, 0.15) is 21.8 Å². The molecule has 0 radical (unpaired) electrons. The lowest BCUT2D eigenvalue weighted by Crippen LogP contribution is -2.41. The second-order valence-corrected chi connectivity index (χ2v) is 5.64. The number of carbonyl (C=O) groups excluding carboxylic acids is 2. The highest BCUT2D eigenvalue weighted by Crippen LogP contribution is 2.13. The molecule has 2 amide bonds. The van der Waals surface area contributed by atoms with Crippen molar-refractivity contribution >= 4 is 17.5 Å². The maximum absolute atomic E-state index is 12.2. The molecule has 2 heterocycles. The molecule has 1 N–H and O–H groups in total. The van der Waals surface area contributed by atoms with Gasteiger partial charge in [-0.05, 0) is 24.6 Å². The van der Waals surface area contributed by atoms with Gasteiger partial charge in [-0.25, -0.2) is 0 Å². The normalized spacial score (nSPS) is 14.5. The van der Waals surface area contributed by atoms with E-state index in [1.165, 1.54) is 0 Å². The molecule has 0 spiro atoms. The van der Waals surface area contributed by atoms with Gasteiger partial charge in [-0.3, -0.25) is 9.59 Å². The van der Waals surface area contributed by atoms with Crippen molar-refractivity contribution in [1.29, 1.82) is 0 Å². The second-order valence-electron chi connectivity index (χ2n) is 5.64. The Labute approximate surface area is 139 Å². The van der Waals surface area contributed by atoms with Gasteiger partial charge in [-0.15, -0.1) is 0 Å². The number of amides is 2. The van der Waals surface area contributed by atoms with Gasteiger partial charge in [0, 0.05) is 24.8 Å². The standard InChI is InChI=1S/C17H19N3O4/c1-12-10-15(19-24-12)17(22)18-14-4-2-13(3-5-14)11-16(21)20-6-8-23-9-7-20/h2-5,10H,6-9,11H2,1H3,(H,18,22). The first-order valence-electron chi connectivity index (χ1n) is 7.81. The molecule has 2 aromatic rings. The molecule has 0 aliphatic carbocycles. The number of morpholine rings is 1. The van der Waals surface area contributed by atoms with Crippen molar-refractivity contribution in [2.24, 2.45) is 0 Å². The van der Waals surface area contributed by atoms with Gasteiger partial charge in [-0.1, -0.05) is 17.3 Å². The van der Waals surface area contributed by atoms with E-state index in [2.05, 4.69) is 10.5 Å². The number of nitrogens with one attached hydrogen (secondary N) is 1. The first kappa shape index (κ1) is 16.2. The molecule has 0 atom stereocenters. The maximum Gasteiger partial charge on any atom is 0.277 e. The molecular formula is C17H19N3O4. The van der Waals surface area contributed by atoms with Crippen molar-refractivity contribution in [2.45, 2.75) is 13.3 Å². The van der Waals surface area contributed by atoms with Crippen LogP contribution in [0.2, 0.25) is 0 Å². The molecule has 0 bridgehead atoms. The van der Waals surface area contributed by atoms with Gasteiger partial charge in [0.1, 0.15) is 5.76 Å². The minimum atomic E-state index is -0.330. The summed E-state index contributed by atoms with van der Waals surface area (Å²) in [5, 5.41) is 6.42. The Hall–Kier alpha value is -2.67. The molecule has 0 unspecified atom stereocenters. The van der Waals surface area contributed by atoms with Gasteiger partial charge in [0.15, 0.2) is 5.69 Å².